The number of aromatic nitrogens is 3. The van der Waals surface area contributed by atoms with Crippen molar-refractivity contribution in [2.45, 2.75) is 19.0 Å². The maximum absolute atomic E-state index is 12.1. The quantitative estimate of drug-likeness (QED) is 0.324. The van der Waals surface area contributed by atoms with Crippen LogP contribution in [0.1, 0.15) is 29.0 Å². The van der Waals surface area contributed by atoms with Crippen molar-refractivity contribution in [3.05, 3.63) is 101 Å². The van der Waals surface area contributed by atoms with E-state index in [1.165, 1.54) is 7.11 Å². The molecule has 1 aliphatic rings. The monoisotopic (exact) mass is 532 g/mol. The van der Waals surface area contributed by atoms with Gasteiger partial charge in [-0.05, 0) is 79.3 Å². The Morgan fingerprint density at radius 2 is 2.03 bits per heavy atom. The van der Waals surface area contributed by atoms with Gasteiger partial charge in [0, 0.05) is 42.8 Å². The Kier molecular flexibility index (Phi) is 7.18. The van der Waals surface area contributed by atoms with Gasteiger partial charge in [0.25, 0.3) is 0 Å². The molecule has 188 valence electrons. The van der Waals surface area contributed by atoms with Crippen molar-refractivity contribution in [3.63, 3.8) is 0 Å². The Morgan fingerprint density at radius 1 is 1.16 bits per heavy atom. The van der Waals surface area contributed by atoms with Crippen molar-refractivity contribution in [3.8, 4) is 5.82 Å². The van der Waals surface area contributed by atoms with E-state index in [1.54, 1.807) is 12.4 Å². The number of benzene rings is 1. The molecule has 2 atom stereocenters. The molecule has 4 aromatic rings. The number of rotatable bonds is 7. The summed E-state index contributed by atoms with van der Waals surface area (Å²) in [4.78, 5) is 23.3. The summed E-state index contributed by atoms with van der Waals surface area (Å²) < 4.78 is 6.97. The molecule has 0 saturated carbocycles. The number of thiocarbonyl (C=S) groups is 1. The largest absolute Gasteiger partial charge is 0.375 e. The molecule has 0 spiro atoms. The number of hydrogen-bond donors (Lipinski definition) is 2. The van der Waals surface area contributed by atoms with E-state index in [9.17, 15) is 4.79 Å². The minimum absolute atomic E-state index is 0.00905. The van der Waals surface area contributed by atoms with Crippen LogP contribution in [-0.2, 0) is 9.53 Å². The Balaban J connectivity index is 1.58. The zero-order valence-electron chi connectivity index (χ0n) is 20.3. The van der Waals surface area contributed by atoms with Gasteiger partial charge in [0.05, 0.1) is 16.8 Å². The fourth-order valence-corrected chi connectivity index (χ4v) is 5.00. The van der Waals surface area contributed by atoms with Crippen molar-refractivity contribution >= 4 is 46.2 Å². The van der Waals surface area contributed by atoms with Gasteiger partial charge in [0.15, 0.2) is 5.11 Å². The fraction of sp³-hybridized carbons (Fsp3) is 0.185. The van der Waals surface area contributed by atoms with Crippen LogP contribution in [0.5, 0.6) is 0 Å². The number of aryl methyl sites for hydroxylation is 1. The molecule has 1 saturated heterocycles. The molecule has 5 rings (SSSR count). The summed E-state index contributed by atoms with van der Waals surface area (Å²) in [6.45, 7) is 1.94. The van der Waals surface area contributed by atoms with E-state index in [4.69, 9.17) is 28.6 Å². The van der Waals surface area contributed by atoms with Gasteiger partial charge in [0.1, 0.15) is 18.5 Å². The normalized spacial score (nSPS) is 17.1. The number of halogens is 1. The molecule has 8 nitrogen and oxygen atoms in total. The summed E-state index contributed by atoms with van der Waals surface area (Å²) in [6, 6.07) is 19.0. The number of nitrogens with zero attached hydrogens (tertiary/aromatic N) is 4. The third-order valence-corrected chi connectivity index (χ3v) is 6.72. The average Bonchev–Trinajstić information content (AvgIpc) is 3.51. The molecule has 1 amide bonds. The summed E-state index contributed by atoms with van der Waals surface area (Å²) >= 11 is 12.0. The number of pyridine rings is 2. The Labute approximate surface area is 225 Å². The number of carbonyl (C=O) groups excluding carboxylic acids is 1. The molecule has 10 heteroatoms. The van der Waals surface area contributed by atoms with Crippen LogP contribution in [0.2, 0.25) is 5.02 Å². The predicted molar refractivity (Wildman–Crippen MR) is 148 cm³/mol. The third kappa shape index (κ3) is 5.06. The summed E-state index contributed by atoms with van der Waals surface area (Å²) in [5.74, 6) is 0.535. The van der Waals surface area contributed by atoms with E-state index in [0.717, 1.165) is 34.1 Å². The second-order valence-corrected chi connectivity index (χ2v) is 9.44. The smallest absolute Gasteiger partial charge is 0.250 e. The summed E-state index contributed by atoms with van der Waals surface area (Å²) in [5, 5.41) is 7.51. The van der Waals surface area contributed by atoms with Crippen LogP contribution in [0.3, 0.4) is 0 Å². The molecule has 0 radical (unpaired) electrons. The van der Waals surface area contributed by atoms with Crippen LogP contribution in [0.4, 0.5) is 11.4 Å². The Hall–Kier alpha value is -3.79. The molecular formula is C27H25ClN6O2S. The van der Waals surface area contributed by atoms with Gasteiger partial charge >= 0.3 is 0 Å². The maximum atomic E-state index is 12.1. The van der Waals surface area contributed by atoms with E-state index in [-0.39, 0.29) is 24.6 Å². The Bertz CT molecular complexity index is 1430. The van der Waals surface area contributed by atoms with Gasteiger partial charge in [-0.2, -0.15) is 0 Å². The van der Waals surface area contributed by atoms with Crippen molar-refractivity contribution in [2.75, 3.05) is 23.9 Å². The number of methoxy groups -OCH3 is 1. The molecule has 0 bridgehead atoms. The van der Waals surface area contributed by atoms with Crippen LogP contribution in [-0.4, -0.2) is 39.3 Å². The molecule has 3 aromatic heterocycles. The lowest BCUT2D eigenvalue weighted by Gasteiger charge is -2.29. The van der Waals surface area contributed by atoms with Crippen molar-refractivity contribution in [1.29, 1.82) is 0 Å². The van der Waals surface area contributed by atoms with Gasteiger partial charge < -0.3 is 24.8 Å². The molecule has 0 aliphatic carbocycles. The lowest BCUT2D eigenvalue weighted by atomic mass is 10.0. The van der Waals surface area contributed by atoms with E-state index in [0.29, 0.717) is 10.1 Å². The molecule has 2 unspecified atom stereocenters. The first-order valence-corrected chi connectivity index (χ1v) is 12.4. The highest BCUT2D eigenvalue weighted by Gasteiger charge is 2.42. The summed E-state index contributed by atoms with van der Waals surface area (Å²) in [5.41, 5.74) is 4.36. The number of ether oxygens (including phenoxy) is 1. The number of anilines is 2. The molecule has 1 aliphatic heterocycles. The van der Waals surface area contributed by atoms with Crippen LogP contribution in [0.25, 0.3) is 5.82 Å². The summed E-state index contributed by atoms with van der Waals surface area (Å²) in [6.07, 6.45) is 5.38. The lowest BCUT2D eigenvalue weighted by Crippen LogP contribution is -2.30. The zero-order valence-corrected chi connectivity index (χ0v) is 21.8. The van der Waals surface area contributed by atoms with Gasteiger partial charge in [-0.25, -0.2) is 4.98 Å². The zero-order chi connectivity index (χ0) is 25.9. The van der Waals surface area contributed by atoms with Gasteiger partial charge in [-0.1, -0.05) is 17.7 Å². The number of carbonyl (C=O) groups is 1. The molecule has 1 fully saturated rings. The molecule has 4 heterocycles. The molecule has 2 N–H and O–H groups in total. The SMILES string of the molecule is COCC(=O)Nc1ccc(N2C(=S)NC(c3ccccn3)C2c2cccn2-c2ccc(Cl)cn2)cc1C. The Morgan fingerprint density at radius 3 is 2.73 bits per heavy atom. The van der Waals surface area contributed by atoms with Crippen molar-refractivity contribution in [1.82, 2.24) is 19.9 Å². The van der Waals surface area contributed by atoms with Gasteiger partial charge in [0.2, 0.25) is 5.91 Å². The second-order valence-electron chi connectivity index (χ2n) is 8.61. The highest BCUT2D eigenvalue weighted by Crippen LogP contribution is 2.42. The van der Waals surface area contributed by atoms with Crippen LogP contribution in [0, 0.1) is 6.92 Å². The first-order valence-electron chi connectivity index (χ1n) is 11.7. The van der Waals surface area contributed by atoms with E-state index >= 15 is 0 Å². The first-order chi connectivity index (χ1) is 18.0. The van der Waals surface area contributed by atoms with Crippen molar-refractivity contribution < 1.29 is 9.53 Å². The highest BCUT2D eigenvalue weighted by atomic mass is 35.5. The fourth-order valence-electron chi connectivity index (χ4n) is 4.54. The number of amides is 1. The van der Waals surface area contributed by atoms with Gasteiger partial charge in [-0.15, -0.1) is 0 Å². The van der Waals surface area contributed by atoms with E-state index in [2.05, 4.69) is 31.6 Å². The number of hydrogen-bond acceptors (Lipinski definition) is 5. The predicted octanol–water partition coefficient (Wildman–Crippen LogP) is 4.99. The second kappa shape index (κ2) is 10.7. The third-order valence-electron chi connectivity index (χ3n) is 6.18. The minimum Gasteiger partial charge on any atom is -0.375 e. The summed E-state index contributed by atoms with van der Waals surface area (Å²) in [7, 11) is 1.49. The standard InChI is InChI=1S/C27H25ClN6O2S/c1-17-14-19(9-10-20(17)31-24(35)16-36-2)34-26(25(32-27(34)37)21-6-3-4-12-29-21)22-7-5-13-33(22)23-11-8-18(28)15-30-23/h3-15,25-26H,16H2,1-2H3,(H,31,35)(H,32,37). The van der Waals surface area contributed by atoms with E-state index in [1.807, 2.05) is 72.3 Å². The minimum atomic E-state index is -0.233. The lowest BCUT2D eigenvalue weighted by molar-refractivity contribution is -0.119. The van der Waals surface area contributed by atoms with Crippen LogP contribution < -0.4 is 15.5 Å². The van der Waals surface area contributed by atoms with Crippen LogP contribution >= 0.6 is 23.8 Å². The first kappa shape index (κ1) is 24.9. The highest BCUT2D eigenvalue weighted by molar-refractivity contribution is 7.80. The van der Waals surface area contributed by atoms with E-state index < -0.39 is 0 Å². The van der Waals surface area contributed by atoms with Gasteiger partial charge in [-0.3, -0.25) is 9.78 Å². The van der Waals surface area contributed by atoms with Crippen LogP contribution in [0.15, 0.2) is 79.3 Å². The van der Waals surface area contributed by atoms with Crippen molar-refractivity contribution in [2.24, 2.45) is 0 Å². The number of nitrogens with one attached hydrogen (secondary N) is 2. The molecule has 1 aromatic carbocycles. The topological polar surface area (TPSA) is 84.3 Å². The molecular weight excluding hydrogens is 508 g/mol. The molecule has 37 heavy (non-hydrogen) atoms. The maximum Gasteiger partial charge on any atom is 0.250 e. The average molecular weight is 533 g/mol.